The molecule has 0 unspecified atom stereocenters. The molecule has 0 spiro atoms. The fourth-order valence-corrected chi connectivity index (χ4v) is 3.48. The minimum atomic E-state index is -0.489. The van der Waals surface area contributed by atoms with E-state index >= 15 is 0 Å². The van der Waals surface area contributed by atoms with Crippen LogP contribution < -0.4 is 5.32 Å². The molecular formula is C21H22ClFN2O2. The molecule has 0 saturated carbocycles. The summed E-state index contributed by atoms with van der Waals surface area (Å²) in [6.07, 6.45) is 1.82. The number of hydrogen-bond acceptors (Lipinski definition) is 2. The zero-order chi connectivity index (χ0) is 19.2. The summed E-state index contributed by atoms with van der Waals surface area (Å²) in [5, 5.41) is 3.54. The first-order chi connectivity index (χ1) is 13.0. The fraction of sp³-hybridized carbons (Fsp3) is 0.333. The van der Waals surface area contributed by atoms with Crippen molar-refractivity contribution in [3.8, 4) is 0 Å². The molecule has 1 heterocycles. The van der Waals surface area contributed by atoms with E-state index < -0.39 is 5.82 Å². The predicted octanol–water partition coefficient (Wildman–Crippen LogP) is 3.69. The van der Waals surface area contributed by atoms with Crippen LogP contribution in [-0.4, -0.2) is 36.3 Å². The Morgan fingerprint density at radius 1 is 1.07 bits per heavy atom. The van der Waals surface area contributed by atoms with Gasteiger partial charge in [-0.3, -0.25) is 9.59 Å². The Labute approximate surface area is 163 Å². The number of rotatable bonds is 5. The van der Waals surface area contributed by atoms with Gasteiger partial charge in [0.25, 0.3) is 5.91 Å². The summed E-state index contributed by atoms with van der Waals surface area (Å²) in [5.41, 5.74) is 0.922. The maximum absolute atomic E-state index is 13.8. The van der Waals surface area contributed by atoms with Gasteiger partial charge in [0.05, 0.1) is 12.0 Å². The van der Waals surface area contributed by atoms with Crippen LogP contribution in [-0.2, 0) is 11.2 Å². The van der Waals surface area contributed by atoms with Gasteiger partial charge in [-0.05, 0) is 42.5 Å². The van der Waals surface area contributed by atoms with Crippen LogP contribution in [0.5, 0.6) is 0 Å². The van der Waals surface area contributed by atoms with Gasteiger partial charge in [-0.25, -0.2) is 4.39 Å². The van der Waals surface area contributed by atoms with Crippen molar-refractivity contribution in [3.05, 3.63) is 70.5 Å². The summed E-state index contributed by atoms with van der Waals surface area (Å²) in [4.78, 5) is 26.2. The van der Waals surface area contributed by atoms with Crippen LogP contribution in [0.3, 0.4) is 0 Å². The molecule has 1 N–H and O–H groups in total. The summed E-state index contributed by atoms with van der Waals surface area (Å²) >= 11 is 6.08. The molecule has 0 radical (unpaired) electrons. The molecule has 27 heavy (non-hydrogen) atoms. The van der Waals surface area contributed by atoms with E-state index in [0.29, 0.717) is 30.6 Å². The van der Waals surface area contributed by atoms with E-state index in [1.54, 1.807) is 23.1 Å². The van der Waals surface area contributed by atoms with E-state index in [1.165, 1.54) is 12.1 Å². The third-order valence-electron chi connectivity index (χ3n) is 4.90. The normalized spacial score (nSPS) is 14.8. The van der Waals surface area contributed by atoms with E-state index in [9.17, 15) is 14.0 Å². The number of nitrogens with one attached hydrogen (secondary N) is 1. The van der Waals surface area contributed by atoms with Crippen molar-refractivity contribution < 1.29 is 14.0 Å². The molecule has 0 aliphatic carbocycles. The Balaban J connectivity index is 1.44. The fourth-order valence-electron chi connectivity index (χ4n) is 3.28. The molecule has 0 aromatic heterocycles. The Morgan fingerprint density at radius 2 is 1.74 bits per heavy atom. The smallest absolute Gasteiger partial charge is 0.256 e. The number of hydrogen-bond donors (Lipinski definition) is 1. The van der Waals surface area contributed by atoms with Gasteiger partial charge < -0.3 is 10.2 Å². The van der Waals surface area contributed by atoms with Crippen molar-refractivity contribution in [2.24, 2.45) is 5.92 Å². The standard InChI is InChI=1S/C21H22ClFN2O2/c22-18-7-3-1-5-16(18)13-20(26)24-14-15-9-11-25(12-10-15)21(27)17-6-2-4-8-19(17)23/h1-8,15H,9-14H2,(H,24,26). The number of amides is 2. The minimum absolute atomic E-state index is 0.0621. The Bertz CT molecular complexity index is 819. The molecule has 1 fully saturated rings. The van der Waals surface area contributed by atoms with Crippen LogP contribution in [0.1, 0.15) is 28.8 Å². The van der Waals surface area contributed by atoms with Crippen LogP contribution in [0, 0.1) is 11.7 Å². The summed E-state index contributed by atoms with van der Waals surface area (Å²) < 4.78 is 13.8. The van der Waals surface area contributed by atoms with Gasteiger partial charge in [0.2, 0.25) is 5.91 Å². The largest absolute Gasteiger partial charge is 0.356 e. The van der Waals surface area contributed by atoms with Gasteiger partial charge in [-0.2, -0.15) is 0 Å². The number of likely N-dealkylation sites (tertiary alicyclic amines) is 1. The zero-order valence-corrected chi connectivity index (χ0v) is 15.7. The van der Waals surface area contributed by atoms with Gasteiger partial charge in [0, 0.05) is 24.7 Å². The summed E-state index contributed by atoms with van der Waals surface area (Å²) in [6, 6.07) is 13.4. The van der Waals surface area contributed by atoms with Crippen LogP contribution in [0.15, 0.2) is 48.5 Å². The monoisotopic (exact) mass is 388 g/mol. The topological polar surface area (TPSA) is 49.4 Å². The first-order valence-corrected chi connectivity index (χ1v) is 9.46. The SMILES string of the molecule is O=C(Cc1ccccc1Cl)NCC1CCN(C(=O)c2ccccc2F)CC1. The maximum Gasteiger partial charge on any atom is 0.256 e. The Kier molecular flexibility index (Phi) is 6.45. The number of piperidine rings is 1. The number of carbonyl (C=O) groups excluding carboxylic acids is 2. The molecule has 4 nitrogen and oxygen atoms in total. The third kappa shape index (κ3) is 5.07. The van der Waals surface area contributed by atoms with Crippen molar-refractivity contribution in [1.82, 2.24) is 10.2 Å². The lowest BCUT2D eigenvalue weighted by Gasteiger charge is -2.32. The van der Waals surface area contributed by atoms with Crippen LogP contribution in [0.2, 0.25) is 5.02 Å². The average molecular weight is 389 g/mol. The molecule has 1 aliphatic rings. The van der Waals surface area contributed by atoms with E-state index in [1.807, 2.05) is 18.2 Å². The van der Waals surface area contributed by atoms with Gasteiger partial charge in [0.1, 0.15) is 5.82 Å². The second kappa shape index (κ2) is 9.00. The first-order valence-electron chi connectivity index (χ1n) is 9.08. The van der Waals surface area contributed by atoms with Gasteiger partial charge in [-0.15, -0.1) is 0 Å². The molecule has 6 heteroatoms. The molecule has 0 bridgehead atoms. The van der Waals surface area contributed by atoms with Crippen LogP contribution >= 0.6 is 11.6 Å². The maximum atomic E-state index is 13.8. The lowest BCUT2D eigenvalue weighted by atomic mass is 9.96. The molecule has 2 aromatic rings. The molecule has 3 rings (SSSR count). The van der Waals surface area contributed by atoms with E-state index in [2.05, 4.69) is 5.32 Å². The van der Waals surface area contributed by atoms with Crippen molar-refractivity contribution in [1.29, 1.82) is 0 Å². The van der Waals surface area contributed by atoms with Gasteiger partial charge in [-0.1, -0.05) is 41.9 Å². The van der Waals surface area contributed by atoms with E-state index in [-0.39, 0.29) is 23.8 Å². The lowest BCUT2D eigenvalue weighted by Crippen LogP contribution is -2.42. The second-order valence-electron chi connectivity index (χ2n) is 6.79. The molecule has 2 amide bonds. The highest BCUT2D eigenvalue weighted by molar-refractivity contribution is 6.31. The van der Waals surface area contributed by atoms with E-state index in [0.717, 1.165) is 18.4 Å². The summed E-state index contributed by atoms with van der Waals surface area (Å²) in [5.74, 6) is -0.511. The lowest BCUT2D eigenvalue weighted by molar-refractivity contribution is -0.120. The predicted molar refractivity (Wildman–Crippen MR) is 103 cm³/mol. The molecule has 0 atom stereocenters. The number of carbonyl (C=O) groups is 2. The Morgan fingerprint density at radius 3 is 2.44 bits per heavy atom. The first kappa shape index (κ1) is 19.4. The summed E-state index contributed by atoms with van der Waals surface area (Å²) in [7, 11) is 0. The number of nitrogens with zero attached hydrogens (tertiary/aromatic N) is 1. The third-order valence-corrected chi connectivity index (χ3v) is 5.27. The van der Waals surface area contributed by atoms with E-state index in [4.69, 9.17) is 11.6 Å². The highest BCUT2D eigenvalue weighted by Crippen LogP contribution is 2.20. The molecular weight excluding hydrogens is 367 g/mol. The molecule has 142 valence electrons. The zero-order valence-electron chi connectivity index (χ0n) is 15.0. The van der Waals surface area contributed by atoms with Crippen LogP contribution in [0.25, 0.3) is 0 Å². The van der Waals surface area contributed by atoms with Gasteiger partial charge in [0.15, 0.2) is 0 Å². The van der Waals surface area contributed by atoms with Crippen molar-refractivity contribution >= 4 is 23.4 Å². The molecule has 1 aliphatic heterocycles. The highest BCUT2D eigenvalue weighted by Gasteiger charge is 2.25. The van der Waals surface area contributed by atoms with Crippen LogP contribution in [0.4, 0.5) is 4.39 Å². The molecule has 2 aromatic carbocycles. The average Bonchev–Trinajstić information content (AvgIpc) is 2.68. The highest BCUT2D eigenvalue weighted by atomic mass is 35.5. The van der Waals surface area contributed by atoms with Crippen molar-refractivity contribution in [2.75, 3.05) is 19.6 Å². The summed E-state index contributed by atoms with van der Waals surface area (Å²) in [6.45, 7) is 1.71. The van der Waals surface area contributed by atoms with Crippen molar-refractivity contribution in [2.45, 2.75) is 19.3 Å². The van der Waals surface area contributed by atoms with Crippen molar-refractivity contribution in [3.63, 3.8) is 0 Å². The quantitative estimate of drug-likeness (QED) is 0.849. The number of benzene rings is 2. The second-order valence-corrected chi connectivity index (χ2v) is 7.19. The van der Waals surface area contributed by atoms with Gasteiger partial charge >= 0.3 is 0 Å². The number of halogens is 2. The minimum Gasteiger partial charge on any atom is -0.356 e. The molecule has 1 saturated heterocycles. The Hall–Kier alpha value is -2.40.